The molecule has 0 heterocycles. The van der Waals surface area contributed by atoms with E-state index in [9.17, 15) is 4.79 Å². The normalized spacial score (nSPS) is 14.9. The Balaban J connectivity index is 2.13. The van der Waals surface area contributed by atoms with Crippen molar-refractivity contribution in [1.29, 1.82) is 0 Å². The van der Waals surface area contributed by atoms with Crippen LogP contribution in [0.5, 0.6) is 5.75 Å². The second-order valence-electron chi connectivity index (χ2n) is 5.38. The lowest BCUT2D eigenvalue weighted by Crippen LogP contribution is -2.40. The maximum Gasteiger partial charge on any atom is 0.254 e. The quantitative estimate of drug-likeness (QED) is 0.821. The van der Waals surface area contributed by atoms with Gasteiger partial charge in [-0.25, -0.2) is 0 Å². The Morgan fingerprint density at radius 1 is 1.33 bits per heavy atom. The summed E-state index contributed by atoms with van der Waals surface area (Å²) < 4.78 is 5.13. The number of hydrogen-bond donors (Lipinski definition) is 1. The Morgan fingerprint density at radius 2 is 1.95 bits per heavy atom. The molecule has 1 amide bonds. The van der Waals surface area contributed by atoms with E-state index in [1.54, 1.807) is 7.11 Å². The Bertz CT molecular complexity index is 496. The molecule has 0 aliphatic heterocycles. The third-order valence-corrected chi connectivity index (χ3v) is 4.17. The van der Waals surface area contributed by atoms with Gasteiger partial charge >= 0.3 is 0 Å². The SMILES string of the molecule is COc1ccc(C(=O)N(CCC(N)=S)C2CCCC2)cc1. The molecule has 0 spiro atoms. The zero-order valence-corrected chi connectivity index (χ0v) is 13.2. The first kappa shape index (κ1) is 15.8. The molecule has 2 N–H and O–H groups in total. The van der Waals surface area contributed by atoms with Crippen LogP contribution >= 0.6 is 12.2 Å². The van der Waals surface area contributed by atoms with Gasteiger partial charge < -0.3 is 15.4 Å². The molecule has 0 aromatic heterocycles. The Morgan fingerprint density at radius 3 is 2.48 bits per heavy atom. The summed E-state index contributed by atoms with van der Waals surface area (Å²) in [4.78, 5) is 15.1. The van der Waals surface area contributed by atoms with Crippen LogP contribution in [-0.2, 0) is 0 Å². The lowest BCUT2D eigenvalue weighted by Gasteiger charge is -2.29. The van der Waals surface area contributed by atoms with Gasteiger partial charge in [0.2, 0.25) is 0 Å². The molecule has 1 aliphatic carbocycles. The van der Waals surface area contributed by atoms with Gasteiger partial charge in [-0.05, 0) is 37.1 Å². The molecule has 114 valence electrons. The van der Waals surface area contributed by atoms with Crippen molar-refractivity contribution in [3.8, 4) is 5.75 Å². The zero-order valence-electron chi connectivity index (χ0n) is 12.4. The van der Waals surface area contributed by atoms with Gasteiger partial charge in [0.25, 0.3) is 5.91 Å². The van der Waals surface area contributed by atoms with E-state index in [4.69, 9.17) is 22.7 Å². The summed E-state index contributed by atoms with van der Waals surface area (Å²) in [5.41, 5.74) is 6.28. The molecule has 0 unspecified atom stereocenters. The fraction of sp³-hybridized carbons (Fsp3) is 0.500. The zero-order chi connectivity index (χ0) is 15.2. The lowest BCUT2D eigenvalue weighted by molar-refractivity contribution is 0.0688. The Kier molecular flexibility index (Phi) is 5.56. The fourth-order valence-electron chi connectivity index (χ4n) is 2.80. The third-order valence-electron chi connectivity index (χ3n) is 3.96. The lowest BCUT2D eigenvalue weighted by atomic mass is 10.1. The van der Waals surface area contributed by atoms with Crippen molar-refractivity contribution >= 4 is 23.1 Å². The Hall–Kier alpha value is -1.62. The van der Waals surface area contributed by atoms with Gasteiger partial charge in [-0.2, -0.15) is 0 Å². The Labute approximate surface area is 131 Å². The van der Waals surface area contributed by atoms with Crippen LogP contribution in [0.25, 0.3) is 0 Å². The van der Waals surface area contributed by atoms with Crippen molar-refractivity contribution in [3.63, 3.8) is 0 Å². The highest BCUT2D eigenvalue weighted by Crippen LogP contribution is 2.25. The molecule has 0 bridgehead atoms. The second-order valence-corrected chi connectivity index (χ2v) is 5.91. The van der Waals surface area contributed by atoms with Crippen LogP contribution in [-0.4, -0.2) is 35.5 Å². The van der Waals surface area contributed by atoms with Gasteiger partial charge in [-0.1, -0.05) is 25.1 Å². The van der Waals surface area contributed by atoms with Crippen molar-refractivity contribution in [1.82, 2.24) is 4.90 Å². The van der Waals surface area contributed by atoms with E-state index in [-0.39, 0.29) is 5.91 Å². The maximum absolute atomic E-state index is 12.7. The first-order chi connectivity index (χ1) is 10.1. The van der Waals surface area contributed by atoms with Gasteiger partial charge in [0.15, 0.2) is 0 Å². The van der Waals surface area contributed by atoms with Crippen LogP contribution in [0.4, 0.5) is 0 Å². The highest BCUT2D eigenvalue weighted by atomic mass is 32.1. The number of amides is 1. The van der Waals surface area contributed by atoms with E-state index in [1.165, 1.54) is 12.8 Å². The highest BCUT2D eigenvalue weighted by Gasteiger charge is 2.27. The van der Waals surface area contributed by atoms with Crippen LogP contribution in [0.15, 0.2) is 24.3 Å². The minimum atomic E-state index is 0.0563. The number of hydrogen-bond acceptors (Lipinski definition) is 3. The summed E-state index contributed by atoms with van der Waals surface area (Å²) >= 11 is 4.95. The number of thiocarbonyl (C=S) groups is 1. The molecule has 4 nitrogen and oxygen atoms in total. The summed E-state index contributed by atoms with van der Waals surface area (Å²) in [5.74, 6) is 0.808. The van der Waals surface area contributed by atoms with Gasteiger partial charge in [0, 0.05) is 24.6 Å². The van der Waals surface area contributed by atoms with Gasteiger partial charge in [-0.15, -0.1) is 0 Å². The molecular weight excluding hydrogens is 284 g/mol. The van der Waals surface area contributed by atoms with Crippen LogP contribution in [0, 0.1) is 0 Å². The minimum Gasteiger partial charge on any atom is -0.497 e. The molecule has 1 aromatic rings. The molecule has 1 aromatic carbocycles. The van der Waals surface area contributed by atoms with E-state index in [2.05, 4.69) is 0 Å². The van der Waals surface area contributed by atoms with Crippen LogP contribution in [0.2, 0.25) is 0 Å². The molecule has 2 rings (SSSR count). The molecule has 0 saturated heterocycles. The summed E-state index contributed by atoms with van der Waals surface area (Å²) in [5, 5.41) is 0. The fourth-order valence-corrected chi connectivity index (χ4v) is 2.89. The summed E-state index contributed by atoms with van der Waals surface area (Å²) in [6, 6.07) is 7.56. The van der Waals surface area contributed by atoms with Crippen molar-refractivity contribution in [3.05, 3.63) is 29.8 Å². The first-order valence-electron chi connectivity index (χ1n) is 7.35. The van der Waals surface area contributed by atoms with E-state index in [0.717, 1.165) is 18.6 Å². The topological polar surface area (TPSA) is 55.6 Å². The van der Waals surface area contributed by atoms with E-state index in [0.29, 0.717) is 29.6 Å². The number of nitrogens with zero attached hydrogens (tertiary/aromatic N) is 1. The van der Waals surface area contributed by atoms with Crippen molar-refractivity contribution < 1.29 is 9.53 Å². The largest absolute Gasteiger partial charge is 0.497 e. The number of ether oxygens (including phenoxy) is 1. The number of nitrogens with two attached hydrogens (primary N) is 1. The smallest absolute Gasteiger partial charge is 0.254 e. The van der Waals surface area contributed by atoms with E-state index >= 15 is 0 Å². The van der Waals surface area contributed by atoms with E-state index < -0.39 is 0 Å². The monoisotopic (exact) mass is 306 g/mol. The molecule has 5 heteroatoms. The molecule has 1 fully saturated rings. The molecule has 1 saturated carbocycles. The number of carbonyl (C=O) groups excluding carboxylic acids is 1. The van der Waals surface area contributed by atoms with Gasteiger partial charge in [0.05, 0.1) is 12.1 Å². The third kappa shape index (κ3) is 4.17. The second kappa shape index (κ2) is 7.41. The standard InChI is InChI=1S/C16H22N2O2S/c1-20-14-8-6-12(7-9-14)16(19)18(11-10-15(17)21)13-4-2-3-5-13/h6-9,13H,2-5,10-11H2,1H3,(H2,17,21). The van der Waals surface area contributed by atoms with Crippen molar-refractivity contribution in [2.24, 2.45) is 5.73 Å². The van der Waals surface area contributed by atoms with Crippen LogP contribution in [0.3, 0.4) is 0 Å². The molecule has 0 radical (unpaired) electrons. The molecule has 21 heavy (non-hydrogen) atoms. The predicted molar refractivity (Wildman–Crippen MR) is 87.7 cm³/mol. The summed E-state index contributed by atoms with van der Waals surface area (Å²) in [6.45, 7) is 0.602. The number of rotatable bonds is 6. The number of methoxy groups -OCH3 is 1. The summed E-state index contributed by atoms with van der Waals surface area (Å²) in [7, 11) is 1.61. The van der Waals surface area contributed by atoms with E-state index in [1.807, 2.05) is 29.2 Å². The average Bonchev–Trinajstić information content (AvgIpc) is 3.01. The number of carbonyl (C=O) groups is 1. The molecular formula is C16H22N2O2S. The van der Waals surface area contributed by atoms with Crippen molar-refractivity contribution in [2.75, 3.05) is 13.7 Å². The van der Waals surface area contributed by atoms with Crippen LogP contribution in [0.1, 0.15) is 42.5 Å². The molecule has 1 aliphatic rings. The van der Waals surface area contributed by atoms with Crippen molar-refractivity contribution in [2.45, 2.75) is 38.1 Å². The van der Waals surface area contributed by atoms with Gasteiger partial charge in [-0.3, -0.25) is 4.79 Å². The predicted octanol–water partition coefficient (Wildman–Crippen LogP) is 2.76. The summed E-state index contributed by atoms with van der Waals surface area (Å²) in [6.07, 6.45) is 5.08. The highest BCUT2D eigenvalue weighted by molar-refractivity contribution is 7.80. The first-order valence-corrected chi connectivity index (χ1v) is 7.76. The molecule has 0 atom stereocenters. The minimum absolute atomic E-state index is 0.0563. The van der Waals surface area contributed by atoms with Gasteiger partial charge in [0.1, 0.15) is 5.75 Å². The average molecular weight is 306 g/mol. The van der Waals surface area contributed by atoms with Crippen LogP contribution < -0.4 is 10.5 Å². The number of benzene rings is 1. The maximum atomic E-state index is 12.7.